The van der Waals surface area contributed by atoms with E-state index in [0.717, 1.165) is 0 Å². The van der Waals surface area contributed by atoms with E-state index >= 15 is 0 Å². The van der Waals surface area contributed by atoms with Gasteiger partial charge in [-0.15, -0.1) is 5.10 Å². The molecule has 3 N–H and O–H groups in total. The van der Waals surface area contributed by atoms with Crippen LogP contribution in [0.25, 0.3) is 0 Å². The second-order valence-corrected chi connectivity index (χ2v) is 5.16. The summed E-state index contributed by atoms with van der Waals surface area (Å²) in [5.41, 5.74) is 5.89. The summed E-state index contributed by atoms with van der Waals surface area (Å²) < 4.78 is 23.7. The number of hydrazone groups is 1. The van der Waals surface area contributed by atoms with Crippen molar-refractivity contribution in [2.75, 3.05) is 0 Å². The molecule has 0 fully saturated rings. The van der Waals surface area contributed by atoms with Crippen LogP contribution < -0.4 is 10.6 Å². The van der Waals surface area contributed by atoms with Crippen LogP contribution in [0, 0.1) is 0 Å². The van der Waals surface area contributed by atoms with E-state index in [4.69, 9.17) is 5.73 Å². The fourth-order valence-electron chi connectivity index (χ4n) is 1.25. The SMILES string of the molecule is N/C(=N\NS(=O)(=O)c1ccccc1)c1cnccn1. The Morgan fingerprint density at radius 2 is 1.95 bits per heavy atom. The minimum absolute atomic E-state index is 0.0624. The normalized spacial score (nSPS) is 12.1. The Balaban J connectivity index is 2.19. The quantitative estimate of drug-likeness (QED) is 0.467. The Kier molecular flexibility index (Phi) is 3.71. The second kappa shape index (κ2) is 5.44. The van der Waals surface area contributed by atoms with Gasteiger partial charge in [0, 0.05) is 12.4 Å². The van der Waals surface area contributed by atoms with Crippen LogP contribution in [-0.2, 0) is 10.0 Å². The molecule has 0 unspecified atom stereocenters. The van der Waals surface area contributed by atoms with Crippen LogP contribution in [0.3, 0.4) is 0 Å². The first-order valence-corrected chi connectivity index (χ1v) is 6.74. The molecule has 2 rings (SSSR count). The molecule has 0 bridgehead atoms. The summed E-state index contributed by atoms with van der Waals surface area (Å²) in [6.07, 6.45) is 4.30. The van der Waals surface area contributed by atoms with E-state index < -0.39 is 10.0 Å². The maximum absolute atomic E-state index is 11.9. The lowest BCUT2D eigenvalue weighted by molar-refractivity contribution is 0.584. The van der Waals surface area contributed by atoms with Crippen molar-refractivity contribution in [1.29, 1.82) is 0 Å². The number of benzene rings is 1. The third-order valence-corrected chi connectivity index (χ3v) is 3.39. The lowest BCUT2D eigenvalue weighted by Crippen LogP contribution is -2.24. The Hall–Kier alpha value is -2.48. The maximum Gasteiger partial charge on any atom is 0.276 e. The van der Waals surface area contributed by atoms with Gasteiger partial charge < -0.3 is 5.73 Å². The molecule has 2 aromatic rings. The molecule has 1 aromatic heterocycles. The van der Waals surface area contributed by atoms with Crippen molar-refractivity contribution in [2.45, 2.75) is 4.90 Å². The molecule has 1 heterocycles. The van der Waals surface area contributed by atoms with Gasteiger partial charge in [-0.05, 0) is 12.1 Å². The lowest BCUT2D eigenvalue weighted by Gasteiger charge is -2.04. The highest BCUT2D eigenvalue weighted by molar-refractivity contribution is 7.89. The Bertz CT molecular complexity index is 671. The monoisotopic (exact) mass is 277 g/mol. The molecule has 0 aliphatic carbocycles. The minimum atomic E-state index is -3.73. The number of nitrogens with one attached hydrogen (secondary N) is 1. The average Bonchev–Trinajstić information content (AvgIpc) is 2.47. The fraction of sp³-hybridized carbons (Fsp3) is 0. The summed E-state index contributed by atoms with van der Waals surface area (Å²) in [7, 11) is -3.73. The molecule has 19 heavy (non-hydrogen) atoms. The molecule has 0 amide bonds. The van der Waals surface area contributed by atoms with Gasteiger partial charge in [0.15, 0.2) is 5.84 Å². The van der Waals surface area contributed by atoms with Crippen molar-refractivity contribution in [1.82, 2.24) is 14.8 Å². The van der Waals surface area contributed by atoms with E-state index in [0.29, 0.717) is 5.69 Å². The molecule has 98 valence electrons. The van der Waals surface area contributed by atoms with Crippen molar-refractivity contribution >= 4 is 15.9 Å². The predicted molar refractivity (Wildman–Crippen MR) is 69.5 cm³/mol. The van der Waals surface area contributed by atoms with Crippen LogP contribution in [0.4, 0.5) is 0 Å². The topological polar surface area (TPSA) is 110 Å². The van der Waals surface area contributed by atoms with Crippen LogP contribution >= 0.6 is 0 Å². The van der Waals surface area contributed by atoms with Crippen LogP contribution in [-0.4, -0.2) is 24.2 Å². The summed E-state index contributed by atoms with van der Waals surface area (Å²) >= 11 is 0. The van der Waals surface area contributed by atoms with Gasteiger partial charge in [-0.25, -0.2) is 4.98 Å². The van der Waals surface area contributed by atoms with Crippen molar-refractivity contribution in [3.63, 3.8) is 0 Å². The highest BCUT2D eigenvalue weighted by Gasteiger charge is 2.12. The lowest BCUT2D eigenvalue weighted by atomic mass is 10.4. The molecular weight excluding hydrogens is 266 g/mol. The van der Waals surface area contributed by atoms with Crippen molar-refractivity contribution in [2.24, 2.45) is 10.8 Å². The Labute approximate surface area is 110 Å². The number of aromatic nitrogens is 2. The second-order valence-electron chi connectivity index (χ2n) is 3.50. The van der Waals surface area contributed by atoms with E-state index in [1.807, 2.05) is 4.83 Å². The number of hydrogen-bond acceptors (Lipinski definition) is 5. The third-order valence-electron chi connectivity index (χ3n) is 2.17. The van der Waals surface area contributed by atoms with Crippen molar-refractivity contribution in [3.8, 4) is 0 Å². The standard InChI is InChI=1S/C11H11N5O2S/c12-11(10-8-13-6-7-14-10)15-16-19(17,18)9-4-2-1-3-5-9/h1-8,16H,(H2,12,15). The van der Waals surface area contributed by atoms with Gasteiger partial charge >= 0.3 is 0 Å². The zero-order valence-corrected chi connectivity index (χ0v) is 10.6. The van der Waals surface area contributed by atoms with Gasteiger partial charge in [0.1, 0.15) is 5.69 Å². The summed E-state index contributed by atoms with van der Waals surface area (Å²) in [6.45, 7) is 0. The average molecular weight is 277 g/mol. The first-order valence-electron chi connectivity index (χ1n) is 5.26. The Morgan fingerprint density at radius 3 is 2.58 bits per heavy atom. The van der Waals surface area contributed by atoms with Gasteiger partial charge in [0.05, 0.1) is 11.1 Å². The van der Waals surface area contributed by atoms with Crippen LogP contribution in [0.15, 0.2) is 58.9 Å². The van der Waals surface area contributed by atoms with Crippen LogP contribution in [0.1, 0.15) is 5.69 Å². The van der Waals surface area contributed by atoms with Gasteiger partial charge in [-0.2, -0.15) is 13.2 Å². The van der Waals surface area contributed by atoms with E-state index in [9.17, 15) is 8.42 Å². The smallest absolute Gasteiger partial charge is 0.276 e. The van der Waals surface area contributed by atoms with Crippen molar-refractivity contribution in [3.05, 3.63) is 54.6 Å². The highest BCUT2D eigenvalue weighted by atomic mass is 32.2. The fourth-order valence-corrected chi connectivity index (χ4v) is 2.09. The molecule has 8 heteroatoms. The van der Waals surface area contributed by atoms with Gasteiger partial charge in [0.25, 0.3) is 10.0 Å². The van der Waals surface area contributed by atoms with Crippen LogP contribution in [0.2, 0.25) is 0 Å². The predicted octanol–water partition coefficient (Wildman–Crippen LogP) is 0.0754. The number of rotatable bonds is 4. The molecular formula is C11H11N5O2S. The highest BCUT2D eigenvalue weighted by Crippen LogP contribution is 2.06. The van der Waals surface area contributed by atoms with E-state index in [-0.39, 0.29) is 10.7 Å². The molecule has 0 saturated heterocycles. The van der Waals surface area contributed by atoms with Crippen LogP contribution in [0.5, 0.6) is 0 Å². The van der Waals surface area contributed by atoms with Gasteiger partial charge in [0.2, 0.25) is 0 Å². The van der Waals surface area contributed by atoms with E-state index in [1.54, 1.807) is 18.2 Å². The van der Waals surface area contributed by atoms with E-state index in [1.165, 1.54) is 30.7 Å². The molecule has 0 radical (unpaired) electrons. The molecule has 0 saturated carbocycles. The zero-order valence-electron chi connectivity index (χ0n) is 9.76. The summed E-state index contributed by atoms with van der Waals surface area (Å²) in [6, 6.07) is 7.86. The summed E-state index contributed by atoms with van der Waals surface area (Å²) in [4.78, 5) is 9.85. The first-order chi connectivity index (χ1) is 9.09. The number of amidine groups is 1. The Morgan fingerprint density at radius 1 is 1.21 bits per heavy atom. The maximum atomic E-state index is 11.9. The van der Waals surface area contributed by atoms with Gasteiger partial charge in [-0.1, -0.05) is 18.2 Å². The number of nitrogens with zero attached hydrogens (tertiary/aromatic N) is 3. The van der Waals surface area contributed by atoms with E-state index in [2.05, 4.69) is 15.1 Å². The number of hydrogen-bond donors (Lipinski definition) is 2. The number of nitrogens with two attached hydrogens (primary N) is 1. The molecule has 7 nitrogen and oxygen atoms in total. The molecule has 1 aromatic carbocycles. The summed E-state index contributed by atoms with van der Waals surface area (Å²) in [5.74, 6) is -0.0624. The van der Waals surface area contributed by atoms with Crippen molar-refractivity contribution < 1.29 is 8.42 Å². The zero-order chi connectivity index (χ0) is 13.7. The third kappa shape index (κ3) is 3.26. The first kappa shape index (κ1) is 13.0. The summed E-state index contributed by atoms with van der Waals surface area (Å²) in [5, 5.41) is 3.60. The molecule has 0 spiro atoms. The van der Waals surface area contributed by atoms with Gasteiger partial charge in [-0.3, -0.25) is 4.98 Å². The molecule has 0 atom stereocenters. The molecule has 0 aliphatic heterocycles. The number of sulfonamides is 1. The molecule has 0 aliphatic rings. The minimum Gasteiger partial charge on any atom is -0.380 e. The largest absolute Gasteiger partial charge is 0.380 e.